The van der Waals surface area contributed by atoms with Gasteiger partial charge in [-0.15, -0.1) is 0 Å². The van der Waals surface area contributed by atoms with Crippen molar-refractivity contribution < 1.29 is 4.74 Å². The highest BCUT2D eigenvalue weighted by Crippen LogP contribution is 2.16. The van der Waals surface area contributed by atoms with Crippen LogP contribution in [0.15, 0.2) is 29.3 Å². The second kappa shape index (κ2) is 6.00. The number of ether oxygens (including phenoxy) is 1. The zero-order chi connectivity index (χ0) is 12.0. The minimum Gasteiger partial charge on any atom is -0.497 e. The summed E-state index contributed by atoms with van der Waals surface area (Å²) >= 11 is 0. The summed E-state index contributed by atoms with van der Waals surface area (Å²) in [5, 5.41) is 3.12. The molecule has 0 aliphatic carbocycles. The van der Waals surface area contributed by atoms with Crippen LogP contribution in [-0.4, -0.2) is 19.6 Å². The normalized spacial score (nSPS) is 13.3. The molecule has 88 valence electrons. The number of nitrogens with one attached hydrogen (secondary N) is 1. The maximum absolute atomic E-state index is 5.69. The van der Waals surface area contributed by atoms with E-state index in [0.717, 1.165) is 11.3 Å². The van der Waals surface area contributed by atoms with Gasteiger partial charge in [0.05, 0.1) is 13.2 Å². The second-order valence-electron chi connectivity index (χ2n) is 3.50. The first-order valence-electron chi connectivity index (χ1n) is 5.37. The highest BCUT2D eigenvalue weighted by molar-refractivity contribution is 5.78. The number of methoxy groups -OCH3 is 1. The lowest BCUT2D eigenvalue weighted by Crippen LogP contribution is -2.33. The fourth-order valence-electron chi connectivity index (χ4n) is 1.41. The number of hydrogen-bond donors (Lipinski definition) is 2. The highest BCUT2D eigenvalue weighted by atomic mass is 16.5. The first-order chi connectivity index (χ1) is 7.67. The van der Waals surface area contributed by atoms with E-state index in [-0.39, 0.29) is 6.04 Å². The fourth-order valence-corrected chi connectivity index (χ4v) is 1.41. The summed E-state index contributed by atoms with van der Waals surface area (Å²) < 4.78 is 5.10. The van der Waals surface area contributed by atoms with Crippen LogP contribution in [0.3, 0.4) is 0 Å². The number of rotatable bonds is 4. The molecule has 4 heteroatoms. The van der Waals surface area contributed by atoms with Gasteiger partial charge in [0.2, 0.25) is 0 Å². The number of guanidine groups is 1. The third-order valence-corrected chi connectivity index (χ3v) is 2.31. The Morgan fingerprint density at radius 1 is 1.44 bits per heavy atom. The summed E-state index contributed by atoms with van der Waals surface area (Å²) in [4.78, 5) is 4.08. The molecule has 0 aliphatic heterocycles. The lowest BCUT2D eigenvalue weighted by molar-refractivity contribution is 0.414. The van der Waals surface area contributed by atoms with E-state index >= 15 is 0 Å². The van der Waals surface area contributed by atoms with Gasteiger partial charge >= 0.3 is 0 Å². The van der Waals surface area contributed by atoms with Gasteiger partial charge in [-0.2, -0.15) is 0 Å². The van der Waals surface area contributed by atoms with Crippen molar-refractivity contribution in [2.75, 3.05) is 13.7 Å². The summed E-state index contributed by atoms with van der Waals surface area (Å²) in [7, 11) is 1.66. The Bertz CT molecular complexity index is 346. The first-order valence-corrected chi connectivity index (χ1v) is 5.37. The van der Waals surface area contributed by atoms with Crippen molar-refractivity contribution in [2.24, 2.45) is 10.7 Å². The van der Waals surface area contributed by atoms with Crippen LogP contribution in [0.2, 0.25) is 0 Å². The molecule has 16 heavy (non-hydrogen) atoms. The molecule has 0 aliphatic rings. The lowest BCUT2D eigenvalue weighted by Gasteiger charge is -2.15. The van der Waals surface area contributed by atoms with Crippen LogP contribution < -0.4 is 15.8 Å². The van der Waals surface area contributed by atoms with E-state index < -0.39 is 0 Å². The van der Waals surface area contributed by atoms with E-state index in [2.05, 4.69) is 10.3 Å². The predicted octanol–water partition coefficient (Wildman–Crippen LogP) is 1.68. The molecule has 0 radical (unpaired) electrons. The molecule has 1 aromatic rings. The summed E-state index contributed by atoms with van der Waals surface area (Å²) in [5.74, 6) is 1.33. The Hall–Kier alpha value is -1.71. The van der Waals surface area contributed by atoms with Crippen LogP contribution >= 0.6 is 0 Å². The molecule has 0 saturated heterocycles. The molecule has 0 spiro atoms. The molecule has 0 heterocycles. The molecule has 1 unspecified atom stereocenters. The topological polar surface area (TPSA) is 59.6 Å². The average Bonchev–Trinajstić information content (AvgIpc) is 2.29. The van der Waals surface area contributed by atoms with Gasteiger partial charge in [0.1, 0.15) is 5.75 Å². The van der Waals surface area contributed by atoms with Gasteiger partial charge in [0.15, 0.2) is 5.96 Å². The summed E-state index contributed by atoms with van der Waals surface area (Å²) in [5.41, 5.74) is 6.84. The zero-order valence-corrected chi connectivity index (χ0v) is 10.0. The van der Waals surface area contributed by atoms with Gasteiger partial charge in [-0.05, 0) is 31.5 Å². The lowest BCUT2D eigenvalue weighted by atomic mass is 10.1. The van der Waals surface area contributed by atoms with Gasteiger partial charge in [-0.1, -0.05) is 12.1 Å². The van der Waals surface area contributed by atoms with Crippen LogP contribution in [0, 0.1) is 0 Å². The number of nitrogens with zero attached hydrogens (tertiary/aromatic N) is 1. The number of nitrogens with two attached hydrogens (primary N) is 1. The quantitative estimate of drug-likeness (QED) is 0.600. The van der Waals surface area contributed by atoms with Gasteiger partial charge < -0.3 is 15.8 Å². The molecule has 3 N–H and O–H groups in total. The Labute approximate surface area is 96.5 Å². The van der Waals surface area contributed by atoms with Crippen LogP contribution in [0.25, 0.3) is 0 Å². The third-order valence-electron chi connectivity index (χ3n) is 2.31. The van der Waals surface area contributed by atoms with Crippen LogP contribution in [0.1, 0.15) is 25.5 Å². The van der Waals surface area contributed by atoms with Crippen LogP contribution in [0.5, 0.6) is 5.75 Å². The van der Waals surface area contributed by atoms with Crippen molar-refractivity contribution in [1.29, 1.82) is 0 Å². The summed E-state index contributed by atoms with van der Waals surface area (Å²) in [6.07, 6.45) is 0. The smallest absolute Gasteiger partial charge is 0.189 e. The predicted molar refractivity (Wildman–Crippen MR) is 66.7 cm³/mol. The summed E-state index contributed by atoms with van der Waals surface area (Å²) in [6.45, 7) is 4.68. The highest BCUT2D eigenvalue weighted by Gasteiger charge is 2.05. The van der Waals surface area contributed by atoms with Crippen molar-refractivity contribution in [2.45, 2.75) is 19.9 Å². The monoisotopic (exact) mass is 221 g/mol. The largest absolute Gasteiger partial charge is 0.497 e. The average molecular weight is 221 g/mol. The van der Waals surface area contributed by atoms with Gasteiger partial charge in [0.25, 0.3) is 0 Å². The van der Waals surface area contributed by atoms with Crippen molar-refractivity contribution in [3.63, 3.8) is 0 Å². The zero-order valence-electron chi connectivity index (χ0n) is 10.0. The molecule has 1 aromatic carbocycles. The van der Waals surface area contributed by atoms with Gasteiger partial charge in [-0.3, -0.25) is 4.99 Å². The van der Waals surface area contributed by atoms with E-state index in [4.69, 9.17) is 10.5 Å². The minimum absolute atomic E-state index is 0.140. The molecule has 1 atom stereocenters. The molecule has 0 aromatic heterocycles. The summed E-state index contributed by atoms with van der Waals surface area (Å²) in [6, 6.07) is 8.02. The minimum atomic E-state index is 0.140. The maximum Gasteiger partial charge on any atom is 0.189 e. The molecule has 1 rings (SSSR count). The molecular formula is C12H19N3O. The molecule has 0 fully saturated rings. The van der Waals surface area contributed by atoms with Gasteiger partial charge in [-0.25, -0.2) is 0 Å². The van der Waals surface area contributed by atoms with Crippen molar-refractivity contribution >= 4 is 5.96 Å². The van der Waals surface area contributed by atoms with E-state index in [1.165, 1.54) is 0 Å². The SMILES string of the molecule is CCN=C(N)NC(C)c1ccc(OC)cc1. The number of benzene rings is 1. The molecule has 0 amide bonds. The van der Waals surface area contributed by atoms with Crippen molar-refractivity contribution in [3.05, 3.63) is 29.8 Å². The maximum atomic E-state index is 5.69. The standard InChI is InChI=1S/C12H19N3O/c1-4-14-12(13)15-9(2)10-5-7-11(16-3)8-6-10/h5-9H,4H2,1-3H3,(H3,13,14,15). The first kappa shape index (κ1) is 12.4. The number of aliphatic imine (C=N–C) groups is 1. The van der Waals surface area contributed by atoms with Crippen molar-refractivity contribution in [1.82, 2.24) is 5.32 Å². The third kappa shape index (κ3) is 3.46. The van der Waals surface area contributed by atoms with E-state index in [1.807, 2.05) is 38.1 Å². The fraction of sp³-hybridized carbons (Fsp3) is 0.417. The van der Waals surface area contributed by atoms with E-state index in [9.17, 15) is 0 Å². The van der Waals surface area contributed by atoms with Crippen molar-refractivity contribution in [3.8, 4) is 5.75 Å². The second-order valence-corrected chi connectivity index (χ2v) is 3.50. The Morgan fingerprint density at radius 3 is 2.56 bits per heavy atom. The molecule has 4 nitrogen and oxygen atoms in total. The van der Waals surface area contributed by atoms with Gasteiger partial charge in [0, 0.05) is 6.54 Å². The van der Waals surface area contributed by atoms with E-state index in [1.54, 1.807) is 7.11 Å². The number of hydrogen-bond acceptors (Lipinski definition) is 2. The Balaban J connectivity index is 2.65. The van der Waals surface area contributed by atoms with Crippen LogP contribution in [-0.2, 0) is 0 Å². The Kier molecular flexibility index (Phi) is 4.64. The van der Waals surface area contributed by atoms with Crippen LogP contribution in [0.4, 0.5) is 0 Å². The van der Waals surface area contributed by atoms with E-state index in [0.29, 0.717) is 12.5 Å². The molecule has 0 saturated carbocycles. The molecule has 0 bridgehead atoms. The molecular weight excluding hydrogens is 202 g/mol. The Morgan fingerprint density at radius 2 is 2.06 bits per heavy atom.